The number of carbonyl (C=O) groups excluding carboxylic acids is 1. The van der Waals surface area contributed by atoms with Gasteiger partial charge in [0.2, 0.25) is 5.91 Å². The maximum Gasteiger partial charge on any atom is 0.234 e. The molecular weight excluding hydrogens is 222 g/mol. The number of amides is 1. The number of nitriles is 1. The van der Waals surface area contributed by atoms with Crippen LogP contribution in [0, 0.1) is 11.3 Å². The molecule has 2 N–H and O–H groups in total. The van der Waals surface area contributed by atoms with Gasteiger partial charge in [-0.1, -0.05) is 0 Å². The van der Waals surface area contributed by atoms with Crippen molar-refractivity contribution in [2.24, 2.45) is 0 Å². The number of hydrogen-bond acceptors (Lipinski definition) is 5. The van der Waals surface area contributed by atoms with Crippen LogP contribution in [-0.4, -0.2) is 60.9 Å². The lowest BCUT2D eigenvalue weighted by Gasteiger charge is -2.36. The summed E-state index contributed by atoms with van der Waals surface area (Å²) in [7, 11) is 0. The van der Waals surface area contributed by atoms with E-state index in [1.54, 1.807) is 0 Å². The van der Waals surface area contributed by atoms with Gasteiger partial charge in [-0.05, 0) is 6.92 Å². The average Bonchev–Trinajstić information content (AvgIpc) is 2.32. The fraction of sp³-hybridized carbons (Fsp3) is 0.818. The molecule has 1 fully saturated rings. The zero-order valence-electron chi connectivity index (χ0n) is 10.1. The minimum atomic E-state index is -0.210. The SMILES string of the molecule is CC1COC(CO)CN1CC(=O)NCCC#N. The Bertz CT molecular complexity index is 290. The minimum Gasteiger partial charge on any atom is -0.394 e. The lowest BCUT2D eigenvalue weighted by Crippen LogP contribution is -2.52. The van der Waals surface area contributed by atoms with Gasteiger partial charge in [-0.25, -0.2) is 0 Å². The highest BCUT2D eigenvalue weighted by atomic mass is 16.5. The van der Waals surface area contributed by atoms with Crippen molar-refractivity contribution in [3.8, 4) is 6.07 Å². The van der Waals surface area contributed by atoms with Crippen LogP contribution >= 0.6 is 0 Å². The van der Waals surface area contributed by atoms with E-state index >= 15 is 0 Å². The molecule has 6 heteroatoms. The van der Waals surface area contributed by atoms with Crippen LogP contribution in [0.3, 0.4) is 0 Å². The van der Waals surface area contributed by atoms with Gasteiger partial charge in [0.05, 0.1) is 38.4 Å². The second-order valence-corrected chi connectivity index (χ2v) is 4.17. The Balaban J connectivity index is 2.33. The number of ether oxygens (including phenoxy) is 1. The first-order chi connectivity index (χ1) is 8.17. The molecule has 1 aliphatic heterocycles. The molecule has 2 atom stereocenters. The molecule has 2 unspecified atom stereocenters. The van der Waals surface area contributed by atoms with E-state index in [1.807, 2.05) is 17.9 Å². The van der Waals surface area contributed by atoms with Gasteiger partial charge in [0.1, 0.15) is 0 Å². The predicted molar refractivity (Wildman–Crippen MR) is 61.1 cm³/mol. The minimum absolute atomic E-state index is 0.0285. The third-order valence-corrected chi connectivity index (χ3v) is 2.74. The van der Waals surface area contributed by atoms with Crippen molar-refractivity contribution in [2.75, 3.05) is 32.8 Å². The molecule has 17 heavy (non-hydrogen) atoms. The summed E-state index contributed by atoms with van der Waals surface area (Å²) in [5.74, 6) is -0.0920. The van der Waals surface area contributed by atoms with E-state index < -0.39 is 0 Å². The highest BCUT2D eigenvalue weighted by molar-refractivity contribution is 5.78. The van der Waals surface area contributed by atoms with Gasteiger partial charge < -0.3 is 15.2 Å². The summed E-state index contributed by atoms with van der Waals surface area (Å²) in [6.45, 7) is 3.71. The van der Waals surface area contributed by atoms with Gasteiger partial charge in [0, 0.05) is 19.1 Å². The maximum atomic E-state index is 11.6. The largest absolute Gasteiger partial charge is 0.394 e. The van der Waals surface area contributed by atoms with Crippen molar-refractivity contribution in [2.45, 2.75) is 25.5 Å². The number of aliphatic hydroxyl groups is 1. The molecular formula is C11H19N3O3. The Morgan fingerprint density at radius 3 is 3.12 bits per heavy atom. The third kappa shape index (κ3) is 4.69. The number of rotatable bonds is 5. The summed E-state index contributed by atoms with van der Waals surface area (Å²) >= 11 is 0. The molecule has 0 spiro atoms. The van der Waals surface area contributed by atoms with Crippen molar-refractivity contribution in [1.29, 1.82) is 5.26 Å². The summed E-state index contributed by atoms with van der Waals surface area (Å²) in [6, 6.07) is 2.14. The molecule has 1 amide bonds. The molecule has 1 aliphatic rings. The smallest absolute Gasteiger partial charge is 0.234 e. The van der Waals surface area contributed by atoms with Gasteiger partial charge in [-0.3, -0.25) is 9.69 Å². The van der Waals surface area contributed by atoms with Crippen molar-refractivity contribution >= 4 is 5.91 Å². The number of carbonyl (C=O) groups is 1. The Labute approximate surface area is 101 Å². The van der Waals surface area contributed by atoms with E-state index in [-0.39, 0.29) is 31.2 Å². The van der Waals surface area contributed by atoms with Crippen molar-refractivity contribution in [3.05, 3.63) is 0 Å². The molecule has 96 valence electrons. The maximum absolute atomic E-state index is 11.6. The highest BCUT2D eigenvalue weighted by Gasteiger charge is 2.26. The Morgan fingerprint density at radius 2 is 2.47 bits per heavy atom. The van der Waals surface area contributed by atoms with E-state index in [4.69, 9.17) is 15.1 Å². The van der Waals surface area contributed by atoms with E-state index in [0.717, 1.165) is 0 Å². The second-order valence-electron chi connectivity index (χ2n) is 4.17. The fourth-order valence-corrected chi connectivity index (χ4v) is 1.70. The van der Waals surface area contributed by atoms with Gasteiger partial charge in [0.15, 0.2) is 0 Å². The summed E-state index contributed by atoms with van der Waals surface area (Å²) < 4.78 is 5.38. The molecule has 0 aromatic rings. The average molecular weight is 241 g/mol. The summed E-state index contributed by atoms with van der Waals surface area (Å²) in [5.41, 5.74) is 0. The molecule has 0 radical (unpaired) electrons. The Hall–Kier alpha value is -1.16. The van der Waals surface area contributed by atoms with Crippen LogP contribution in [0.25, 0.3) is 0 Å². The normalized spacial score (nSPS) is 25.2. The fourth-order valence-electron chi connectivity index (χ4n) is 1.70. The zero-order valence-corrected chi connectivity index (χ0v) is 10.1. The number of morpholine rings is 1. The van der Waals surface area contributed by atoms with Crippen molar-refractivity contribution < 1.29 is 14.6 Å². The molecule has 1 heterocycles. The lowest BCUT2D eigenvalue weighted by molar-refractivity contribution is -0.127. The summed E-state index contributed by atoms with van der Waals surface area (Å²) in [6.07, 6.45) is 0.113. The molecule has 0 saturated carbocycles. The molecule has 0 bridgehead atoms. The van der Waals surface area contributed by atoms with E-state index in [9.17, 15) is 4.79 Å². The number of aliphatic hydroxyl groups excluding tert-OH is 1. The molecule has 1 rings (SSSR count). The van der Waals surface area contributed by atoms with Gasteiger partial charge in [-0.15, -0.1) is 0 Å². The van der Waals surface area contributed by atoms with E-state index in [0.29, 0.717) is 26.1 Å². The van der Waals surface area contributed by atoms with Crippen molar-refractivity contribution in [1.82, 2.24) is 10.2 Å². The van der Waals surface area contributed by atoms with E-state index in [1.165, 1.54) is 0 Å². The van der Waals surface area contributed by atoms with Crippen LogP contribution in [0.1, 0.15) is 13.3 Å². The third-order valence-electron chi connectivity index (χ3n) is 2.74. The molecule has 0 aromatic heterocycles. The summed E-state index contributed by atoms with van der Waals surface area (Å²) in [4.78, 5) is 13.5. The van der Waals surface area contributed by atoms with Crippen LogP contribution in [0.15, 0.2) is 0 Å². The van der Waals surface area contributed by atoms with E-state index in [2.05, 4.69) is 5.32 Å². The Kier molecular flexibility index (Phi) is 5.91. The van der Waals surface area contributed by atoms with Crippen LogP contribution in [0.4, 0.5) is 0 Å². The summed E-state index contributed by atoms with van der Waals surface area (Å²) in [5, 5.41) is 20.0. The second kappa shape index (κ2) is 7.22. The first kappa shape index (κ1) is 13.9. The quantitative estimate of drug-likeness (QED) is 0.609. The van der Waals surface area contributed by atoms with Crippen LogP contribution in [0.5, 0.6) is 0 Å². The molecule has 0 aliphatic carbocycles. The zero-order chi connectivity index (χ0) is 12.7. The van der Waals surface area contributed by atoms with Crippen LogP contribution < -0.4 is 5.32 Å². The molecule has 0 aromatic carbocycles. The van der Waals surface area contributed by atoms with Gasteiger partial charge in [-0.2, -0.15) is 5.26 Å². The monoisotopic (exact) mass is 241 g/mol. The van der Waals surface area contributed by atoms with Gasteiger partial charge in [0.25, 0.3) is 0 Å². The van der Waals surface area contributed by atoms with Gasteiger partial charge >= 0.3 is 0 Å². The standard InChI is InChI=1S/C11H19N3O3/c1-9-8-17-10(7-15)5-14(9)6-11(16)13-4-2-3-12/h9-10,15H,2,4-8H2,1H3,(H,13,16). The predicted octanol–water partition coefficient (Wildman–Crippen LogP) is -0.902. The van der Waals surface area contributed by atoms with Crippen LogP contribution in [0.2, 0.25) is 0 Å². The first-order valence-electron chi connectivity index (χ1n) is 5.77. The molecule has 6 nitrogen and oxygen atoms in total. The number of hydrogen-bond donors (Lipinski definition) is 2. The number of nitrogens with zero attached hydrogens (tertiary/aromatic N) is 2. The Morgan fingerprint density at radius 1 is 1.71 bits per heavy atom. The molecule has 1 saturated heterocycles. The van der Waals surface area contributed by atoms with Crippen molar-refractivity contribution in [3.63, 3.8) is 0 Å². The number of nitrogens with one attached hydrogen (secondary N) is 1. The topological polar surface area (TPSA) is 85.6 Å². The first-order valence-corrected chi connectivity index (χ1v) is 5.77. The lowest BCUT2D eigenvalue weighted by atomic mass is 10.2. The van der Waals surface area contributed by atoms with Crippen LogP contribution in [-0.2, 0) is 9.53 Å². The highest BCUT2D eigenvalue weighted by Crippen LogP contribution is 2.10.